The van der Waals surface area contributed by atoms with Gasteiger partial charge in [-0.1, -0.05) is 30.3 Å². The number of nitrogens with zero attached hydrogens (tertiary/aromatic N) is 1. The van der Waals surface area contributed by atoms with E-state index in [9.17, 15) is 4.79 Å². The molecule has 3 N–H and O–H groups in total. The van der Waals surface area contributed by atoms with Gasteiger partial charge >= 0.3 is 0 Å². The lowest BCUT2D eigenvalue weighted by Crippen LogP contribution is -2.34. The van der Waals surface area contributed by atoms with Gasteiger partial charge in [0, 0.05) is 13.0 Å². The second kappa shape index (κ2) is 8.67. The molecule has 0 saturated heterocycles. The number of carbonyl (C=O) groups excluding carboxylic acids is 1. The SMILES string of the molecule is CN(C)C(CNC(=O)CCCCN)c1ccccc1. The number of carbonyl (C=O) groups is 1. The Balaban J connectivity index is 2.45. The number of hydrogen-bond donors (Lipinski definition) is 2. The monoisotopic (exact) mass is 263 g/mol. The molecule has 0 bridgehead atoms. The molecule has 0 spiro atoms. The van der Waals surface area contributed by atoms with Gasteiger partial charge in [0.2, 0.25) is 5.91 Å². The van der Waals surface area contributed by atoms with Crippen molar-refractivity contribution in [2.24, 2.45) is 5.73 Å². The maximum absolute atomic E-state index is 11.7. The van der Waals surface area contributed by atoms with Crippen LogP contribution in [0.5, 0.6) is 0 Å². The van der Waals surface area contributed by atoms with E-state index in [0.29, 0.717) is 19.5 Å². The summed E-state index contributed by atoms with van der Waals surface area (Å²) in [6.07, 6.45) is 2.33. The molecular weight excluding hydrogens is 238 g/mol. The van der Waals surface area contributed by atoms with Crippen LogP contribution in [0, 0.1) is 0 Å². The lowest BCUT2D eigenvalue weighted by atomic mass is 10.1. The Morgan fingerprint density at radius 3 is 2.53 bits per heavy atom. The predicted molar refractivity (Wildman–Crippen MR) is 78.8 cm³/mol. The van der Waals surface area contributed by atoms with Crippen LogP contribution < -0.4 is 11.1 Å². The van der Waals surface area contributed by atoms with Crippen molar-refractivity contribution < 1.29 is 4.79 Å². The standard InChI is InChI=1S/C15H25N3O/c1-18(2)14(13-8-4-3-5-9-13)12-17-15(19)10-6-7-11-16/h3-5,8-9,14H,6-7,10-12,16H2,1-2H3,(H,17,19). The van der Waals surface area contributed by atoms with Gasteiger partial charge in [-0.05, 0) is 39.0 Å². The van der Waals surface area contributed by atoms with Crippen LogP contribution in [0.4, 0.5) is 0 Å². The van der Waals surface area contributed by atoms with Gasteiger partial charge in [0.15, 0.2) is 0 Å². The van der Waals surface area contributed by atoms with Crippen molar-refractivity contribution in [3.05, 3.63) is 35.9 Å². The fourth-order valence-corrected chi connectivity index (χ4v) is 2.00. The highest BCUT2D eigenvalue weighted by molar-refractivity contribution is 5.75. The summed E-state index contributed by atoms with van der Waals surface area (Å²) in [5.41, 5.74) is 6.63. The molecule has 19 heavy (non-hydrogen) atoms. The topological polar surface area (TPSA) is 58.4 Å². The molecule has 0 aromatic heterocycles. The van der Waals surface area contributed by atoms with E-state index in [0.717, 1.165) is 12.8 Å². The number of rotatable bonds is 8. The third kappa shape index (κ3) is 5.85. The van der Waals surface area contributed by atoms with Crippen LogP contribution in [0.15, 0.2) is 30.3 Å². The Hall–Kier alpha value is -1.39. The molecule has 1 aromatic rings. The summed E-state index contributed by atoms with van der Waals surface area (Å²) in [7, 11) is 4.05. The van der Waals surface area contributed by atoms with E-state index in [1.807, 2.05) is 32.3 Å². The van der Waals surface area contributed by atoms with Crippen LogP contribution in [0.3, 0.4) is 0 Å². The van der Waals surface area contributed by atoms with Crippen LogP contribution in [0.25, 0.3) is 0 Å². The molecule has 0 aliphatic rings. The Kier molecular flexibility index (Phi) is 7.15. The molecule has 0 aliphatic heterocycles. The minimum Gasteiger partial charge on any atom is -0.354 e. The molecule has 0 saturated carbocycles. The summed E-state index contributed by atoms with van der Waals surface area (Å²) in [6, 6.07) is 10.4. The number of hydrogen-bond acceptors (Lipinski definition) is 3. The summed E-state index contributed by atoms with van der Waals surface area (Å²) in [5, 5.41) is 3.00. The quantitative estimate of drug-likeness (QED) is 0.699. The average molecular weight is 263 g/mol. The summed E-state index contributed by atoms with van der Waals surface area (Å²) >= 11 is 0. The minimum atomic E-state index is 0.108. The van der Waals surface area contributed by atoms with Crippen LogP contribution in [0.1, 0.15) is 30.9 Å². The fraction of sp³-hybridized carbons (Fsp3) is 0.533. The number of nitrogens with two attached hydrogens (primary N) is 1. The number of nitrogens with one attached hydrogen (secondary N) is 1. The Bertz CT molecular complexity index is 365. The highest BCUT2D eigenvalue weighted by atomic mass is 16.1. The van der Waals surface area contributed by atoms with E-state index in [-0.39, 0.29) is 11.9 Å². The minimum absolute atomic E-state index is 0.108. The van der Waals surface area contributed by atoms with Gasteiger partial charge < -0.3 is 16.0 Å². The van der Waals surface area contributed by atoms with E-state index < -0.39 is 0 Å². The van der Waals surface area contributed by atoms with E-state index in [1.54, 1.807) is 0 Å². The Morgan fingerprint density at radius 2 is 1.95 bits per heavy atom. The summed E-state index contributed by atoms with van der Waals surface area (Å²) in [4.78, 5) is 13.8. The molecule has 1 aromatic carbocycles. The van der Waals surface area contributed by atoms with Gasteiger partial charge in [0.1, 0.15) is 0 Å². The molecule has 0 aliphatic carbocycles. The summed E-state index contributed by atoms with van der Waals surface area (Å²) in [5.74, 6) is 0.108. The van der Waals surface area contributed by atoms with Crippen molar-refractivity contribution in [2.75, 3.05) is 27.2 Å². The normalized spacial score (nSPS) is 12.4. The summed E-state index contributed by atoms with van der Waals surface area (Å²) < 4.78 is 0. The Morgan fingerprint density at radius 1 is 1.26 bits per heavy atom. The highest BCUT2D eigenvalue weighted by Gasteiger charge is 2.14. The molecule has 4 nitrogen and oxygen atoms in total. The van der Waals surface area contributed by atoms with Gasteiger partial charge in [-0.25, -0.2) is 0 Å². The smallest absolute Gasteiger partial charge is 0.220 e. The second-order valence-electron chi connectivity index (χ2n) is 4.94. The molecule has 4 heteroatoms. The van der Waals surface area contributed by atoms with E-state index >= 15 is 0 Å². The molecule has 0 fully saturated rings. The predicted octanol–water partition coefficient (Wildman–Crippen LogP) is 1.53. The second-order valence-corrected chi connectivity index (χ2v) is 4.94. The zero-order valence-corrected chi connectivity index (χ0v) is 11.9. The molecule has 1 unspecified atom stereocenters. The largest absolute Gasteiger partial charge is 0.354 e. The Labute approximate surface area is 116 Å². The first-order valence-corrected chi connectivity index (χ1v) is 6.83. The van der Waals surface area contributed by atoms with E-state index in [4.69, 9.17) is 5.73 Å². The van der Waals surface area contributed by atoms with Crippen molar-refractivity contribution in [3.63, 3.8) is 0 Å². The third-order valence-electron chi connectivity index (χ3n) is 3.16. The molecule has 1 amide bonds. The van der Waals surface area contributed by atoms with Crippen molar-refractivity contribution in [3.8, 4) is 0 Å². The average Bonchev–Trinajstić information content (AvgIpc) is 2.40. The van der Waals surface area contributed by atoms with Crippen molar-refractivity contribution in [1.82, 2.24) is 10.2 Å². The van der Waals surface area contributed by atoms with Crippen molar-refractivity contribution >= 4 is 5.91 Å². The van der Waals surface area contributed by atoms with Crippen LogP contribution >= 0.6 is 0 Å². The van der Waals surface area contributed by atoms with Crippen molar-refractivity contribution in [1.29, 1.82) is 0 Å². The highest BCUT2D eigenvalue weighted by Crippen LogP contribution is 2.16. The zero-order chi connectivity index (χ0) is 14.1. The van der Waals surface area contributed by atoms with Crippen LogP contribution in [-0.2, 0) is 4.79 Å². The first kappa shape index (κ1) is 15.7. The molecule has 0 radical (unpaired) electrons. The molecular formula is C15H25N3O. The van der Waals surface area contributed by atoms with Gasteiger partial charge in [0.25, 0.3) is 0 Å². The van der Waals surface area contributed by atoms with Gasteiger partial charge in [-0.2, -0.15) is 0 Å². The first-order valence-electron chi connectivity index (χ1n) is 6.83. The molecule has 1 atom stereocenters. The third-order valence-corrected chi connectivity index (χ3v) is 3.16. The lowest BCUT2D eigenvalue weighted by molar-refractivity contribution is -0.121. The van der Waals surface area contributed by atoms with E-state index in [1.165, 1.54) is 5.56 Å². The number of unbranched alkanes of at least 4 members (excludes halogenated alkanes) is 1. The molecule has 1 rings (SSSR count). The van der Waals surface area contributed by atoms with Crippen molar-refractivity contribution in [2.45, 2.75) is 25.3 Å². The fourth-order valence-electron chi connectivity index (χ4n) is 2.00. The molecule has 0 heterocycles. The van der Waals surface area contributed by atoms with Gasteiger partial charge in [-0.15, -0.1) is 0 Å². The molecule has 106 valence electrons. The number of amides is 1. The van der Waals surface area contributed by atoms with Gasteiger partial charge in [0.05, 0.1) is 6.04 Å². The zero-order valence-electron chi connectivity index (χ0n) is 11.9. The van der Waals surface area contributed by atoms with Crippen LogP contribution in [-0.4, -0.2) is 38.0 Å². The number of benzene rings is 1. The number of likely N-dealkylation sites (N-methyl/N-ethyl adjacent to an activating group) is 1. The van der Waals surface area contributed by atoms with E-state index in [2.05, 4.69) is 22.3 Å². The summed E-state index contributed by atoms with van der Waals surface area (Å²) in [6.45, 7) is 1.29. The van der Waals surface area contributed by atoms with Crippen LogP contribution in [0.2, 0.25) is 0 Å². The first-order chi connectivity index (χ1) is 9.15. The maximum Gasteiger partial charge on any atom is 0.220 e. The lowest BCUT2D eigenvalue weighted by Gasteiger charge is -2.25. The maximum atomic E-state index is 11.7. The van der Waals surface area contributed by atoms with Gasteiger partial charge in [-0.3, -0.25) is 4.79 Å².